The van der Waals surface area contributed by atoms with Gasteiger partial charge < -0.3 is 4.57 Å². The number of nitrogens with zero attached hydrogens (tertiary/aromatic N) is 2. The molecule has 1 heterocycles. The maximum Gasteiger partial charge on any atom is 0.235 e. The van der Waals surface area contributed by atoms with Gasteiger partial charge in [0.25, 0.3) is 0 Å². The number of hydrogen-bond donors (Lipinski definition) is 0. The molecule has 0 amide bonds. The first-order chi connectivity index (χ1) is 7.18. The predicted octanol–water partition coefficient (Wildman–Crippen LogP) is 2.43. The van der Waals surface area contributed by atoms with Crippen molar-refractivity contribution < 1.29 is 4.92 Å². The minimum absolute atomic E-state index is 0.457. The molecule has 0 unspecified atom stereocenters. The van der Waals surface area contributed by atoms with Gasteiger partial charge in [-0.25, -0.2) is 0 Å². The molecule has 15 heavy (non-hydrogen) atoms. The second kappa shape index (κ2) is 3.57. The summed E-state index contributed by atoms with van der Waals surface area (Å²) in [7, 11) is 1.92. The van der Waals surface area contributed by atoms with Gasteiger partial charge in [0.15, 0.2) is 0 Å². The van der Waals surface area contributed by atoms with Crippen molar-refractivity contribution in [2.75, 3.05) is 0 Å². The Kier molecular flexibility index (Phi) is 2.25. The molecule has 0 aliphatic carbocycles. The average Bonchev–Trinajstić information content (AvgIpc) is 2.58. The number of nitro groups is 1. The van der Waals surface area contributed by atoms with Gasteiger partial charge in [0, 0.05) is 30.3 Å². The third kappa shape index (κ3) is 1.74. The summed E-state index contributed by atoms with van der Waals surface area (Å²) in [5, 5.41) is 11.3. The van der Waals surface area contributed by atoms with E-state index < -0.39 is 4.92 Å². The number of hydrogen-bond acceptors (Lipinski definition) is 2. The molecule has 1 aromatic carbocycles. The fourth-order valence-electron chi connectivity index (χ4n) is 1.66. The summed E-state index contributed by atoms with van der Waals surface area (Å²) in [6.45, 7) is 0. The lowest BCUT2D eigenvalue weighted by molar-refractivity contribution is -0.400. The topological polar surface area (TPSA) is 48.1 Å². The molecule has 0 bridgehead atoms. The number of rotatable bonds is 2. The summed E-state index contributed by atoms with van der Waals surface area (Å²) >= 11 is 0. The van der Waals surface area contributed by atoms with Gasteiger partial charge in [-0.1, -0.05) is 18.2 Å². The molecule has 0 spiro atoms. The molecule has 4 heteroatoms. The van der Waals surface area contributed by atoms with E-state index >= 15 is 0 Å². The van der Waals surface area contributed by atoms with Crippen LogP contribution >= 0.6 is 0 Å². The van der Waals surface area contributed by atoms with Crippen molar-refractivity contribution in [3.63, 3.8) is 0 Å². The Labute approximate surface area is 86.6 Å². The van der Waals surface area contributed by atoms with Crippen LogP contribution in [0.5, 0.6) is 0 Å². The Bertz CT molecular complexity index is 541. The number of fused-ring (bicyclic) bond motifs is 1. The molecular formula is C11H10N2O2. The number of aromatic nitrogens is 1. The summed E-state index contributed by atoms with van der Waals surface area (Å²) in [6, 6.07) is 7.72. The molecule has 0 atom stereocenters. The first-order valence-corrected chi connectivity index (χ1v) is 4.54. The van der Waals surface area contributed by atoms with Crippen molar-refractivity contribution in [1.29, 1.82) is 0 Å². The summed E-state index contributed by atoms with van der Waals surface area (Å²) < 4.78 is 1.95. The lowest BCUT2D eigenvalue weighted by Gasteiger charge is -1.99. The summed E-state index contributed by atoms with van der Waals surface area (Å²) in [6.07, 6.45) is 4.41. The zero-order valence-electron chi connectivity index (χ0n) is 8.25. The van der Waals surface area contributed by atoms with Gasteiger partial charge in [-0.15, -0.1) is 0 Å². The third-order valence-corrected chi connectivity index (χ3v) is 2.30. The Balaban J connectivity index is 2.59. The highest BCUT2D eigenvalue weighted by atomic mass is 16.6. The maximum atomic E-state index is 10.2. The summed E-state index contributed by atoms with van der Waals surface area (Å²) in [5.74, 6) is 0. The molecule has 4 nitrogen and oxygen atoms in total. The second-order valence-corrected chi connectivity index (χ2v) is 3.31. The van der Waals surface area contributed by atoms with Gasteiger partial charge in [-0.05, 0) is 6.07 Å². The van der Waals surface area contributed by atoms with Crippen LogP contribution in [0.25, 0.3) is 17.0 Å². The Morgan fingerprint density at radius 2 is 2.20 bits per heavy atom. The van der Waals surface area contributed by atoms with Gasteiger partial charge in [0.05, 0.1) is 10.4 Å². The lowest BCUT2D eigenvalue weighted by Crippen LogP contribution is -1.88. The molecule has 0 saturated carbocycles. The van der Waals surface area contributed by atoms with Crippen molar-refractivity contribution in [3.8, 4) is 0 Å². The van der Waals surface area contributed by atoms with Gasteiger partial charge in [-0.3, -0.25) is 10.1 Å². The highest BCUT2D eigenvalue weighted by molar-refractivity contribution is 5.88. The van der Waals surface area contributed by atoms with E-state index in [1.54, 1.807) is 0 Å². The molecule has 0 aliphatic heterocycles. The zero-order valence-corrected chi connectivity index (χ0v) is 8.25. The molecule has 0 saturated heterocycles. The molecule has 2 rings (SSSR count). The van der Waals surface area contributed by atoms with Crippen molar-refractivity contribution in [3.05, 3.63) is 52.3 Å². The minimum Gasteiger partial charge on any atom is -0.350 e. The maximum absolute atomic E-state index is 10.2. The van der Waals surface area contributed by atoms with Crippen molar-refractivity contribution in [1.82, 2.24) is 4.57 Å². The average molecular weight is 202 g/mol. The van der Waals surface area contributed by atoms with Crippen molar-refractivity contribution >= 4 is 17.0 Å². The molecule has 2 aromatic rings. The molecule has 76 valence electrons. The Morgan fingerprint density at radius 3 is 2.93 bits per heavy atom. The Morgan fingerprint density at radius 1 is 1.40 bits per heavy atom. The van der Waals surface area contributed by atoms with Crippen molar-refractivity contribution in [2.24, 2.45) is 7.05 Å². The largest absolute Gasteiger partial charge is 0.350 e. The van der Waals surface area contributed by atoms with E-state index in [4.69, 9.17) is 0 Å². The molecule has 0 radical (unpaired) electrons. The fraction of sp³-hybridized carbons (Fsp3) is 0.0909. The van der Waals surface area contributed by atoms with Crippen LogP contribution in [0.1, 0.15) is 5.56 Å². The van der Waals surface area contributed by atoms with Gasteiger partial charge >= 0.3 is 0 Å². The van der Waals surface area contributed by atoms with E-state index in [1.165, 1.54) is 6.08 Å². The molecular weight excluding hydrogens is 192 g/mol. The van der Waals surface area contributed by atoms with Crippen molar-refractivity contribution in [2.45, 2.75) is 0 Å². The van der Waals surface area contributed by atoms with Crippen LogP contribution in [0.2, 0.25) is 0 Å². The summed E-state index contributed by atoms with van der Waals surface area (Å²) in [4.78, 5) is 9.79. The lowest BCUT2D eigenvalue weighted by atomic mass is 10.1. The highest BCUT2D eigenvalue weighted by Gasteiger charge is 2.02. The fourth-order valence-corrected chi connectivity index (χ4v) is 1.66. The van der Waals surface area contributed by atoms with E-state index in [-0.39, 0.29) is 0 Å². The van der Waals surface area contributed by atoms with E-state index in [2.05, 4.69) is 0 Å². The van der Waals surface area contributed by atoms with E-state index in [0.717, 1.165) is 22.7 Å². The van der Waals surface area contributed by atoms with Crippen LogP contribution in [0.3, 0.4) is 0 Å². The predicted molar refractivity (Wildman–Crippen MR) is 58.9 cm³/mol. The minimum atomic E-state index is -0.457. The Hall–Kier alpha value is -2.10. The smallest absolute Gasteiger partial charge is 0.235 e. The third-order valence-electron chi connectivity index (χ3n) is 2.30. The SMILES string of the molecule is Cn1ccc2cccc(/C=C/[N+](=O)[O-])c21. The summed E-state index contributed by atoms with van der Waals surface area (Å²) in [5.41, 5.74) is 1.87. The van der Waals surface area contributed by atoms with E-state index in [1.807, 2.05) is 42.1 Å². The number of aryl methyl sites for hydroxylation is 1. The van der Waals surface area contributed by atoms with Crippen LogP contribution in [0, 0.1) is 10.1 Å². The van der Waals surface area contributed by atoms with E-state index in [9.17, 15) is 10.1 Å². The van der Waals surface area contributed by atoms with Crippen LogP contribution < -0.4 is 0 Å². The van der Waals surface area contributed by atoms with Crippen LogP contribution in [0.15, 0.2) is 36.7 Å². The van der Waals surface area contributed by atoms with Crippen LogP contribution in [-0.2, 0) is 7.05 Å². The first-order valence-electron chi connectivity index (χ1n) is 4.54. The monoisotopic (exact) mass is 202 g/mol. The molecule has 0 fully saturated rings. The standard InChI is InChI=1S/C11H10N2O2/c1-12-7-5-9-3-2-4-10(11(9)12)6-8-13(14)15/h2-8H,1H3/b8-6+. The van der Waals surface area contributed by atoms with Crippen LogP contribution in [-0.4, -0.2) is 9.49 Å². The number of para-hydroxylation sites is 1. The molecule has 1 aromatic heterocycles. The van der Waals surface area contributed by atoms with E-state index in [0.29, 0.717) is 0 Å². The van der Waals surface area contributed by atoms with Crippen LogP contribution in [0.4, 0.5) is 0 Å². The number of benzene rings is 1. The quantitative estimate of drug-likeness (QED) is 0.554. The second-order valence-electron chi connectivity index (χ2n) is 3.31. The molecule has 0 N–H and O–H groups in total. The normalized spacial score (nSPS) is 11.3. The van der Waals surface area contributed by atoms with Gasteiger partial charge in [-0.2, -0.15) is 0 Å². The zero-order chi connectivity index (χ0) is 10.8. The molecule has 0 aliphatic rings. The van der Waals surface area contributed by atoms with Gasteiger partial charge in [0.2, 0.25) is 6.20 Å². The highest BCUT2D eigenvalue weighted by Crippen LogP contribution is 2.20. The first kappa shape index (κ1) is 9.45. The van der Waals surface area contributed by atoms with Gasteiger partial charge in [0.1, 0.15) is 0 Å².